The average Bonchev–Trinajstić information content (AvgIpc) is 2.77. The predicted octanol–water partition coefficient (Wildman–Crippen LogP) is 4.75. The van der Waals surface area contributed by atoms with Crippen molar-refractivity contribution in [2.45, 2.75) is 45.7 Å². The number of hydrogen-bond acceptors (Lipinski definition) is 4. The van der Waals surface area contributed by atoms with Crippen LogP contribution in [0.5, 0.6) is 11.6 Å². The Kier molecular flexibility index (Phi) is 7.43. The first-order valence-electron chi connectivity index (χ1n) is 10.7. The van der Waals surface area contributed by atoms with E-state index in [0.717, 1.165) is 5.56 Å². The summed E-state index contributed by atoms with van der Waals surface area (Å²) >= 11 is 0. The minimum Gasteiger partial charge on any atom is -0.439 e. The van der Waals surface area contributed by atoms with E-state index in [0.29, 0.717) is 16.9 Å². The van der Waals surface area contributed by atoms with Gasteiger partial charge in [0.2, 0.25) is 11.8 Å². The lowest BCUT2D eigenvalue weighted by atomic mass is 9.86. The zero-order chi connectivity index (χ0) is 24.0. The molecule has 0 aliphatic carbocycles. The normalized spacial score (nSPS) is 12.0. The number of aromatic nitrogens is 1. The minimum absolute atomic E-state index is 0.00821. The van der Waals surface area contributed by atoms with E-state index >= 15 is 0 Å². The molecular formula is C26H28FN3O3. The predicted molar refractivity (Wildman–Crippen MR) is 125 cm³/mol. The fraction of sp³-hybridized carbons (Fsp3) is 0.269. The lowest BCUT2D eigenvalue weighted by molar-refractivity contribution is -0.122. The van der Waals surface area contributed by atoms with Crippen LogP contribution >= 0.6 is 0 Å². The largest absolute Gasteiger partial charge is 0.439 e. The summed E-state index contributed by atoms with van der Waals surface area (Å²) in [6.45, 7) is 8.06. The topological polar surface area (TPSA) is 80.3 Å². The van der Waals surface area contributed by atoms with Gasteiger partial charge in [0.05, 0.1) is 0 Å². The van der Waals surface area contributed by atoms with Crippen molar-refractivity contribution in [3.63, 3.8) is 0 Å². The number of carbonyl (C=O) groups is 2. The maximum Gasteiger partial charge on any atom is 0.251 e. The molecule has 0 saturated heterocycles. The number of carbonyl (C=O) groups excluding carboxylic acids is 2. The van der Waals surface area contributed by atoms with Crippen molar-refractivity contribution in [2.24, 2.45) is 0 Å². The van der Waals surface area contributed by atoms with Gasteiger partial charge < -0.3 is 15.4 Å². The fourth-order valence-corrected chi connectivity index (χ4v) is 3.10. The van der Waals surface area contributed by atoms with Crippen LogP contribution in [-0.4, -0.2) is 22.8 Å². The van der Waals surface area contributed by atoms with Gasteiger partial charge in [-0.2, -0.15) is 0 Å². The molecule has 1 aromatic heterocycles. The van der Waals surface area contributed by atoms with Crippen molar-refractivity contribution >= 4 is 11.8 Å². The Morgan fingerprint density at radius 1 is 1.06 bits per heavy atom. The zero-order valence-electron chi connectivity index (χ0n) is 19.2. The van der Waals surface area contributed by atoms with Crippen LogP contribution < -0.4 is 15.4 Å². The summed E-state index contributed by atoms with van der Waals surface area (Å²) < 4.78 is 19.1. The van der Waals surface area contributed by atoms with Gasteiger partial charge in [0.15, 0.2) is 0 Å². The molecule has 2 amide bonds. The quantitative estimate of drug-likeness (QED) is 0.546. The molecule has 3 aromatic rings. The second-order valence-electron chi connectivity index (χ2n) is 8.77. The molecule has 0 spiro atoms. The number of nitrogens with zero attached hydrogens (tertiary/aromatic N) is 1. The summed E-state index contributed by atoms with van der Waals surface area (Å²) in [5, 5.41) is 5.49. The molecule has 172 valence electrons. The summed E-state index contributed by atoms with van der Waals surface area (Å²) in [6.07, 6.45) is 1.55. The molecule has 0 aliphatic heterocycles. The van der Waals surface area contributed by atoms with Gasteiger partial charge in [0, 0.05) is 29.9 Å². The van der Waals surface area contributed by atoms with Gasteiger partial charge >= 0.3 is 0 Å². The summed E-state index contributed by atoms with van der Waals surface area (Å²) in [4.78, 5) is 29.2. The van der Waals surface area contributed by atoms with Crippen LogP contribution in [0.2, 0.25) is 0 Å². The Morgan fingerprint density at radius 2 is 1.79 bits per heavy atom. The molecule has 1 heterocycles. The molecule has 3 rings (SSSR count). The maximum absolute atomic E-state index is 13.4. The Bertz CT molecular complexity index is 1120. The number of rotatable bonds is 7. The van der Waals surface area contributed by atoms with E-state index in [1.807, 2.05) is 12.1 Å². The SMILES string of the molecule is CC(NC(=O)c1ccc(C(C)(C)C)cc1)C(=O)NCc1cccnc1Oc1cccc(F)c1. The molecule has 33 heavy (non-hydrogen) atoms. The summed E-state index contributed by atoms with van der Waals surface area (Å²) in [5.41, 5.74) is 2.22. The zero-order valence-corrected chi connectivity index (χ0v) is 19.2. The van der Waals surface area contributed by atoms with Crippen molar-refractivity contribution in [1.82, 2.24) is 15.6 Å². The van der Waals surface area contributed by atoms with Crippen molar-refractivity contribution < 1.29 is 18.7 Å². The summed E-state index contributed by atoms with van der Waals surface area (Å²) in [5.74, 6) is -0.529. The van der Waals surface area contributed by atoms with Gasteiger partial charge in [0.25, 0.3) is 5.91 Å². The fourth-order valence-electron chi connectivity index (χ4n) is 3.10. The first-order valence-corrected chi connectivity index (χ1v) is 10.7. The van der Waals surface area contributed by atoms with Gasteiger partial charge in [-0.25, -0.2) is 9.37 Å². The number of hydrogen-bond donors (Lipinski definition) is 2. The van der Waals surface area contributed by atoms with Crippen molar-refractivity contribution in [1.29, 1.82) is 0 Å². The first-order chi connectivity index (χ1) is 15.6. The third-order valence-electron chi connectivity index (χ3n) is 5.07. The molecule has 0 saturated carbocycles. The number of ether oxygens (including phenoxy) is 1. The number of halogens is 1. The van der Waals surface area contributed by atoms with Gasteiger partial charge in [-0.1, -0.05) is 45.0 Å². The molecule has 1 atom stereocenters. The van der Waals surface area contributed by atoms with Crippen LogP contribution in [0.15, 0.2) is 66.9 Å². The Morgan fingerprint density at radius 3 is 2.45 bits per heavy atom. The molecule has 0 bridgehead atoms. The van der Waals surface area contributed by atoms with E-state index in [1.54, 1.807) is 43.5 Å². The molecule has 2 aromatic carbocycles. The Balaban J connectivity index is 1.58. The standard InChI is InChI=1S/C26H28FN3O3/c1-17(30-24(32)18-10-12-20(13-11-18)26(2,3)4)23(31)29-16-19-7-6-14-28-25(19)33-22-9-5-8-21(27)15-22/h5-15,17H,16H2,1-4H3,(H,29,31)(H,30,32). The molecule has 7 heteroatoms. The summed E-state index contributed by atoms with van der Waals surface area (Å²) in [6, 6.07) is 15.8. The third kappa shape index (κ3) is 6.62. The Hall–Kier alpha value is -3.74. The number of nitrogens with one attached hydrogen (secondary N) is 2. The van der Waals surface area contributed by atoms with Crippen molar-refractivity contribution in [3.05, 3.63) is 89.4 Å². The van der Waals surface area contributed by atoms with Crippen LogP contribution in [0.3, 0.4) is 0 Å². The highest BCUT2D eigenvalue weighted by molar-refractivity contribution is 5.97. The third-order valence-corrected chi connectivity index (χ3v) is 5.07. The van der Waals surface area contributed by atoms with Crippen LogP contribution in [0.1, 0.15) is 49.2 Å². The monoisotopic (exact) mass is 449 g/mol. The molecule has 6 nitrogen and oxygen atoms in total. The number of benzene rings is 2. The lowest BCUT2D eigenvalue weighted by Crippen LogP contribution is -2.44. The van der Waals surface area contributed by atoms with Gasteiger partial charge in [-0.05, 0) is 48.2 Å². The van der Waals surface area contributed by atoms with Crippen molar-refractivity contribution in [2.75, 3.05) is 0 Å². The van der Waals surface area contributed by atoms with Gasteiger partial charge in [-0.3, -0.25) is 9.59 Å². The minimum atomic E-state index is -0.746. The average molecular weight is 450 g/mol. The molecule has 1 unspecified atom stereocenters. The Labute approximate surface area is 193 Å². The van der Waals surface area contributed by atoms with Gasteiger partial charge in [0.1, 0.15) is 17.6 Å². The van der Waals surface area contributed by atoms with Crippen LogP contribution in [0.25, 0.3) is 0 Å². The second-order valence-corrected chi connectivity index (χ2v) is 8.77. The highest BCUT2D eigenvalue weighted by atomic mass is 19.1. The van der Waals surface area contributed by atoms with E-state index in [1.165, 1.54) is 18.2 Å². The van der Waals surface area contributed by atoms with E-state index in [4.69, 9.17) is 4.74 Å². The van der Waals surface area contributed by atoms with Crippen LogP contribution in [-0.2, 0) is 16.8 Å². The van der Waals surface area contributed by atoms with E-state index in [2.05, 4.69) is 36.4 Å². The van der Waals surface area contributed by atoms with E-state index < -0.39 is 11.9 Å². The van der Waals surface area contributed by atoms with Crippen LogP contribution in [0, 0.1) is 5.82 Å². The molecule has 0 radical (unpaired) electrons. The number of amides is 2. The summed E-state index contributed by atoms with van der Waals surface area (Å²) in [7, 11) is 0. The molecule has 0 fully saturated rings. The van der Waals surface area contributed by atoms with Gasteiger partial charge in [-0.15, -0.1) is 0 Å². The highest BCUT2D eigenvalue weighted by Gasteiger charge is 2.19. The molecule has 0 aliphatic rings. The van der Waals surface area contributed by atoms with E-state index in [9.17, 15) is 14.0 Å². The van der Waals surface area contributed by atoms with Crippen molar-refractivity contribution in [3.8, 4) is 11.6 Å². The second kappa shape index (κ2) is 10.3. The lowest BCUT2D eigenvalue weighted by Gasteiger charge is -2.19. The molecular weight excluding hydrogens is 421 g/mol. The van der Waals surface area contributed by atoms with Crippen LogP contribution in [0.4, 0.5) is 4.39 Å². The first kappa shape index (κ1) is 23.9. The van der Waals surface area contributed by atoms with E-state index in [-0.39, 0.29) is 29.7 Å². The number of pyridine rings is 1. The molecule has 2 N–H and O–H groups in total. The maximum atomic E-state index is 13.4. The smallest absolute Gasteiger partial charge is 0.251 e. The highest BCUT2D eigenvalue weighted by Crippen LogP contribution is 2.24.